The summed E-state index contributed by atoms with van der Waals surface area (Å²) >= 11 is 0. The molecule has 1 saturated carbocycles. The summed E-state index contributed by atoms with van der Waals surface area (Å²) in [4.78, 5) is 14.4. The molecule has 1 saturated heterocycles. The lowest BCUT2D eigenvalue weighted by molar-refractivity contribution is -0.121. The van der Waals surface area contributed by atoms with E-state index in [1.807, 2.05) is 0 Å². The van der Waals surface area contributed by atoms with Crippen LogP contribution in [0.25, 0.3) is 0 Å². The van der Waals surface area contributed by atoms with E-state index in [0.29, 0.717) is 12.6 Å². The molecule has 1 aliphatic carbocycles. The summed E-state index contributed by atoms with van der Waals surface area (Å²) in [5, 5.41) is 6.51. The molecule has 0 radical (unpaired) electrons. The molecule has 0 aromatic heterocycles. The van der Waals surface area contributed by atoms with Crippen LogP contribution in [0, 0.1) is 5.92 Å². The molecule has 20 heavy (non-hydrogen) atoms. The van der Waals surface area contributed by atoms with Gasteiger partial charge in [-0.05, 0) is 57.8 Å². The molecule has 2 N–H and O–H groups in total. The maximum absolute atomic E-state index is 11.9. The Bertz CT molecular complexity index is 281. The SMILES string of the molecule is CCN1CCC(CNCC(=O)NC2CCCCC2)CC1. The standard InChI is InChI=1S/C16H31N3O/c1-2-19-10-8-14(9-11-19)12-17-13-16(20)18-15-6-4-3-5-7-15/h14-15,17H,2-13H2,1H3,(H,18,20). The summed E-state index contributed by atoms with van der Waals surface area (Å²) in [5.74, 6) is 0.933. The molecule has 2 fully saturated rings. The number of rotatable bonds is 6. The van der Waals surface area contributed by atoms with Crippen molar-refractivity contribution in [3.05, 3.63) is 0 Å². The Balaban J connectivity index is 1.53. The second kappa shape index (κ2) is 8.63. The number of piperidine rings is 1. The lowest BCUT2D eigenvalue weighted by Crippen LogP contribution is -2.43. The van der Waals surface area contributed by atoms with Crippen molar-refractivity contribution in [2.45, 2.75) is 57.9 Å². The van der Waals surface area contributed by atoms with Crippen LogP contribution in [-0.4, -0.2) is 49.6 Å². The lowest BCUT2D eigenvalue weighted by atomic mass is 9.95. The van der Waals surface area contributed by atoms with Gasteiger partial charge in [-0.15, -0.1) is 0 Å². The Morgan fingerprint density at radius 1 is 1.10 bits per heavy atom. The van der Waals surface area contributed by atoms with E-state index in [-0.39, 0.29) is 5.91 Å². The Morgan fingerprint density at radius 3 is 2.45 bits per heavy atom. The van der Waals surface area contributed by atoms with Crippen LogP contribution in [0.2, 0.25) is 0 Å². The predicted octanol–water partition coefficient (Wildman–Crippen LogP) is 1.76. The van der Waals surface area contributed by atoms with Gasteiger partial charge in [0.25, 0.3) is 0 Å². The third-order valence-electron chi connectivity index (χ3n) is 4.84. The van der Waals surface area contributed by atoms with Gasteiger partial charge < -0.3 is 15.5 Å². The van der Waals surface area contributed by atoms with Crippen LogP contribution in [0.4, 0.5) is 0 Å². The first-order chi connectivity index (χ1) is 9.78. The van der Waals surface area contributed by atoms with Gasteiger partial charge in [0.2, 0.25) is 5.91 Å². The zero-order chi connectivity index (χ0) is 14.2. The highest BCUT2D eigenvalue weighted by molar-refractivity contribution is 5.78. The van der Waals surface area contributed by atoms with Gasteiger partial charge in [0.05, 0.1) is 6.54 Å². The average molecular weight is 281 g/mol. The molecule has 2 rings (SSSR count). The number of hydrogen-bond donors (Lipinski definition) is 2. The maximum atomic E-state index is 11.9. The number of carbonyl (C=O) groups is 1. The second-order valence-electron chi connectivity index (χ2n) is 6.41. The first kappa shape index (κ1) is 15.8. The topological polar surface area (TPSA) is 44.4 Å². The molecule has 1 heterocycles. The van der Waals surface area contributed by atoms with Gasteiger partial charge >= 0.3 is 0 Å². The Labute approximate surface area is 123 Å². The number of amides is 1. The number of likely N-dealkylation sites (tertiary alicyclic amines) is 1. The number of hydrogen-bond acceptors (Lipinski definition) is 3. The summed E-state index contributed by atoms with van der Waals surface area (Å²) < 4.78 is 0. The van der Waals surface area contributed by atoms with E-state index < -0.39 is 0 Å². The Hall–Kier alpha value is -0.610. The fraction of sp³-hybridized carbons (Fsp3) is 0.938. The van der Waals surface area contributed by atoms with Crippen molar-refractivity contribution in [1.82, 2.24) is 15.5 Å². The summed E-state index contributed by atoms with van der Waals surface area (Å²) in [6.45, 7) is 7.33. The number of carbonyl (C=O) groups excluding carboxylic acids is 1. The Morgan fingerprint density at radius 2 is 1.80 bits per heavy atom. The molecular weight excluding hydrogens is 250 g/mol. The molecule has 0 aromatic carbocycles. The van der Waals surface area contributed by atoms with E-state index in [1.165, 1.54) is 64.6 Å². The van der Waals surface area contributed by atoms with Crippen molar-refractivity contribution in [1.29, 1.82) is 0 Å². The fourth-order valence-corrected chi connectivity index (χ4v) is 3.42. The fourth-order valence-electron chi connectivity index (χ4n) is 3.42. The van der Waals surface area contributed by atoms with Crippen LogP contribution in [0.1, 0.15) is 51.9 Å². The second-order valence-corrected chi connectivity index (χ2v) is 6.41. The molecule has 4 heteroatoms. The minimum atomic E-state index is 0.183. The predicted molar refractivity (Wildman–Crippen MR) is 82.7 cm³/mol. The molecule has 0 unspecified atom stereocenters. The van der Waals surface area contributed by atoms with E-state index in [4.69, 9.17) is 0 Å². The minimum absolute atomic E-state index is 0.183. The first-order valence-electron chi connectivity index (χ1n) is 8.50. The molecule has 0 spiro atoms. The molecule has 116 valence electrons. The molecule has 1 amide bonds. The van der Waals surface area contributed by atoms with Gasteiger partial charge in [0.1, 0.15) is 0 Å². The highest BCUT2D eigenvalue weighted by atomic mass is 16.1. The summed E-state index contributed by atoms with van der Waals surface area (Å²) in [5.41, 5.74) is 0. The van der Waals surface area contributed by atoms with Gasteiger partial charge in [-0.25, -0.2) is 0 Å². The number of nitrogens with one attached hydrogen (secondary N) is 2. The van der Waals surface area contributed by atoms with Crippen molar-refractivity contribution >= 4 is 5.91 Å². The van der Waals surface area contributed by atoms with Gasteiger partial charge in [-0.3, -0.25) is 4.79 Å². The third kappa shape index (κ3) is 5.41. The zero-order valence-corrected chi connectivity index (χ0v) is 13.0. The normalized spacial score (nSPS) is 22.9. The van der Waals surface area contributed by atoms with Crippen LogP contribution < -0.4 is 10.6 Å². The highest BCUT2D eigenvalue weighted by Gasteiger charge is 2.18. The van der Waals surface area contributed by atoms with Crippen LogP contribution in [0.15, 0.2) is 0 Å². The monoisotopic (exact) mass is 281 g/mol. The van der Waals surface area contributed by atoms with Crippen molar-refractivity contribution in [2.75, 3.05) is 32.7 Å². The average Bonchev–Trinajstić information content (AvgIpc) is 2.49. The van der Waals surface area contributed by atoms with E-state index in [9.17, 15) is 4.79 Å². The van der Waals surface area contributed by atoms with E-state index in [0.717, 1.165) is 12.5 Å². The number of nitrogens with zero attached hydrogens (tertiary/aromatic N) is 1. The molecule has 4 nitrogen and oxygen atoms in total. The maximum Gasteiger partial charge on any atom is 0.234 e. The highest BCUT2D eigenvalue weighted by Crippen LogP contribution is 2.17. The summed E-state index contributed by atoms with van der Waals surface area (Å²) in [6, 6.07) is 0.436. The first-order valence-corrected chi connectivity index (χ1v) is 8.50. The third-order valence-corrected chi connectivity index (χ3v) is 4.84. The quantitative estimate of drug-likeness (QED) is 0.780. The van der Waals surface area contributed by atoms with Gasteiger partial charge in [0.15, 0.2) is 0 Å². The van der Waals surface area contributed by atoms with Gasteiger partial charge in [-0.1, -0.05) is 26.2 Å². The van der Waals surface area contributed by atoms with Crippen molar-refractivity contribution in [3.8, 4) is 0 Å². The zero-order valence-electron chi connectivity index (χ0n) is 13.0. The summed E-state index contributed by atoms with van der Waals surface area (Å²) in [6.07, 6.45) is 8.75. The lowest BCUT2D eigenvalue weighted by Gasteiger charge is -2.31. The molecule has 2 aliphatic rings. The summed E-state index contributed by atoms with van der Waals surface area (Å²) in [7, 11) is 0. The molecule has 1 aliphatic heterocycles. The van der Waals surface area contributed by atoms with Crippen molar-refractivity contribution in [3.63, 3.8) is 0 Å². The Kier molecular flexibility index (Phi) is 6.80. The van der Waals surface area contributed by atoms with Crippen LogP contribution in [-0.2, 0) is 4.79 Å². The van der Waals surface area contributed by atoms with Gasteiger partial charge in [0, 0.05) is 6.04 Å². The smallest absolute Gasteiger partial charge is 0.234 e. The van der Waals surface area contributed by atoms with Crippen molar-refractivity contribution in [2.24, 2.45) is 5.92 Å². The van der Waals surface area contributed by atoms with Gasteiger partial charge in [-0.2, -0.15) is 0 Å². The van der Waals surface area contributed by atoms with Crippen LogP contribution in [0.3, 0.4) is 0 Å². The molecule has 0 aromatic rings. The van der Waals surface area contributed by atoms with E-state index in [2.05, 4.69) is 22.5 Å². The van der Waals surface area contributed by atoms with Crippen molar-refractivity contribution < 1.29 is 4.79 Å². The molecular formula is C16H31N3O. The minimum Gasteiger partial charge on any atom is -0.352 e. The van der Waals surface area contributed by atoms with E-state index in [1.54, 1.807) is 0 Å². The molecule has 0 bridgehead atoms. The van der Waals surface area contributed by atoms with Crippen LogP contribution >= 0.6 is 0 Å². The largest absolute Gasteiger partial charge is 0.352 e. The van der Waals surface area contributed by atoms with Crippen LogP contribution in [0.5, 0.6) is 0 Å². The van der Waals surface area contributed by atoms with E-state index >= 15 is 0 Å². The molecule has 0 atom stereocenters.